The Morgan fingerprint density at radius 2 is 1.64 bits per heavy atom. The molecule has 1 aromatic rings. The van der Waals surface area contributed by atoms with E-state index in [-0.39, 0.29) is 23.0 Å². The van der Waals surface area contributed by atoms with Crippen molar-refractivity contribution in [2.45, 2.75) is 53.4 Å². The molecular formula is C19H27NO2. The molecule has 120 valence electrons. The van der Waals surface area contributed by atoms with Gasteiger partial charge in [0.15, 0.2) is 5.78 Å². The molecule has 0 aliphatic heterocycles. The maximum atomic E-state index is 12.7. The molecule has 1 saturated carbocycles. The summed E-state index contributed by atoms with van der Waals surface area (Å²) < 4.78 is 0. The van der Waals surface area contributed by atoms with Crippen molar-refractivity contribution in [2.75, 3.05) is 5.32 Å². The van der Waals surface area contributed by atoms with Crippen LogP contribution in [0.15, 0.2) is 24.3 Å². The molecule has 2 atom stereocenters. The number of ketones is 1. The molecule has 0 saturated heterocycles. The Labute approximate surface area is 133 Å². The Balaban J connectivity index is 2.08. The molecule has 2 unspecified atom stereocenters. The van der Waals surface area contributed by atoms with Crippen molar-refractivity contribution in [1.82, 2.24) is 0 Å². The van der Waals surface area contributed by atoms with Gasteiger partial charge in [-0.05, 0) is 55.4 Å². The molecule has 3 nitrogen and oxygen atoms in total. The van der Waals surface area contributed by atoms with Crippen LogP contribution in [-0.2, 0) is 4.79 Å². The first-order chi connectivity index (χ1) is 10.3. The first-order valence-corrected chi connectivity index (χ1v) is 8.21. The highest BCUT2D eigenvalue weighted by Crippen LogP contribution is 2.42. The highest BCUT2D eigenvalue weighted by molar-refractivity contribution is 5.96. The van der Waals surface area contributed by atoms with E-state index in [2.05, 4.69) is 26.1 Å². The van der Waals surface area contributed by atoms with Crippen LogP contribution in [0.5, 0.6) is 0 Å². The molecule has 0 heterocycles. The van der Waals surface area contributed by atoms with Crippen LogP contribution in [0.3, 0.4) is 0 Å². The number of anilines is 1. The topological polar surface area (TPSA) is 46.2 Å². The van der Waals surface area contributed by atoms with Gasteiger partial charge in [-0.1, -0.05) is 33.6 Å². The van der Waals surface area contributed by atoms with E-state index in [1.54, 1.807) is 19.1 Å². The number of rotatable bonds is 3. The summed E-state index contributed by atoms with van der Waals surface area (Å²) >= 11 is 0. The van der Waals surface area contributed by atoms with Crippen molar-refractivity contribution in [3.05, 3.63) is 29.8 Å². The van der Waals surface area contributed by atoms with Crippen LogP contribution in [0.25, 0.3) is 0 Å². The number of hydrogen-bond donors (Lipinski definition) is 1. The minimum absolute atomic E-state index is 0.0398. The molecule has 0 bridgehead atoms. The summed E-state index contributed by atoms with van der Waals surface area (Å²) in [7, 11) is 0. The van der Waals surface area contributed by atoms with Crippen LogP contribution in [0.2, 0.25) is 0 Å². The minimum atomic E-state index is 0.0398. The highest BCUT2D eigenvalue weighted by Gasteiger charge is 2.37. The molecule has 0 aromatic heterocycles. The van der Waals surface area contributed by atoms with Crippen molar-refractivity contribution in [2.24, 2.45) is 17.3 Å². The summed E-state index contributed by atoms with van der Waals surface area (Å²) in [6.45, 7) is 8.23. The molecule has 1 aliphatic rings. The van der Waals surface area contributed by atoms with Gasteiger partial charge in [-0.15, -0.1) is 0 Å². The lowest BCUT2D eigenvalue weighted by atomic mass is 9.66. The fourth-order valence-corrected chi connectivity index (χ4v) is 3.50. The smallest absolute Gasteiger partial charge is 0.227 e. The molecular weight excluding hydrogens is 274 g/mol. The maximum absolute atomic E-state index is 12.7. The normalized spacial score (nSPS) is 22.2. The number of Topliss-reactive ketones (excluding diaryl/α,β-unsaturated/α-hetero) is 1. The number of nitrogens with one attached hydrogen (secondary N) is 1. The third-order valence-electron chi connectivity index (χ3n) is 4.77. The monoisotopic (exact) mass is 301 g/mol. The second kappa shape index (κ2) is 6.64. The number of benzene rings is 1. The average Bonchev–Trinajstić information content (AvgIpc) is 2.47. The molecule has 1 N–H and O–H groups in total. The molecule has 1 aliphatic carbocycles. The van der Waals surface area contributed by atoms with Crippen molar-refractivity contribution in [3.8, 4) is 0 Å². The summed E-state index contributed by atoms with van der Waals surface area (Å²) in [5.74, 6) is 0.673. The van der Waals surface area contributed by atoms with E-state index >= 15 is 0 Å². The Kier molecular flexibility index (Phi) is 5.05. The van der Waals surface area contributed by atoms with Crippen LogP contribution in [0, 0.1) is 17.3 Å². The van der Waals surface area contributed by atoms with Gasteiger partial charge in [0.1, 0.15) is 0 Å². The second-order valence-electron chi connectivity index (χ2n) is 7.49. The molecule has 1 aromatic carbocycles. The van der Waals surface area contributed by atoms with Crippen LogP contribution >= 0.6 is 0 Å². The quantitative estimate of drug-likeness (QED) is 0.824. The first kappa shape index (κ1) is 16.7. The molecule has 1 fully saturated rings. The SMILES string of the molecule is CC(=O)c1ccc(NC(=O)C2CCCCC2C(C)(C)C)cc1. The van der Waals surface area contributed by atoms with Gasteiger partial charge < -0.3 is 5.32 Å². The summed E-state index contributed by atoms with van der Waals surface area (Å²) in [5.41, 5.74) is 1.59. The van der Waals surface area contributed by atoms with Crippen molar-refractivity contribution < 1.29 is 9.59 Å². The summed E-state index contributed by atoms with van der Waals surface area (Å²) in [6.07, 6.45) is 4.46. The van der Waals surface area contributed by atoms with Crippen molar-refractivity contribution >= 4 is 17.4 Å². The van der Waals surface area contributed by atoms with Gasteiger partial charge >= 0.3 is 0 Å². The van der Waals surface area contributed by atoms with Gasteiger partial charge in [-0.25, -0.2) is 0 Å². The Morgan fingerprint density at radius 1 is 1.05 bits per heavy atom. The van der Waals surface area contributed by atoms with Crippen LogP contribution in [0.1, 0.15) is 63.7 Å². The first-order valence-electron chi connectivity index (χ1n) is 8.21. The van der Waals surface area contributed by atoms with Crippen LogP contribution < -0.4 is 5.32 Å². The Bertz CT molecular complexity index is 540. The van der Waals surface area contributed by atoms with Gasteiger partial charge in [-0.2, -0.15) is 0 Å². The zero-order chi connectivity index (χ0) is 16.3. The lowest BCUT2D eigenvalue weighted by Gasteiger charge is -2.39. The zero-order valence-electron chi connectivity index (χ0n) is 14.1. The highest BCUT2D eigenvalue weighted by atomic mass is 16.2. The van der Waals surface area contributed by atoms with Gasteiger partial charge in [0.05, 0.1) is 0 Å². The molecule has 0 radical (unpaired) electrons. The zero-order valence-corrected chi connectivity index (χ0v) is 14.1. The number of carbonyl (C=O) groups excluding carboxylic acids is 2. The molecule has 3 heteroatoms. The van der Waals surface area contributed by atoms with Gasteiger partial charge in [0.2, 0.25) is 5.91 Å². The van der Waals surface area contributed by atoms with Crippen molar-refractivity contribution in [3.63, 3.8) is 0 Å². The standard InChI is InChI=1S/C19H27NO2/c1-13(21)14-9-11-15(12-10-14)20-18(22)16-7-5-6-8-17(16)19(2,3)4/h9-12,16-17H,5-8H2,1-4H3,(H,20,22). The number of hydrogen-bond acceptors (Lipinski definition) is 2. The van der Waals surface area contributed by atoms with Crippen molar-refractivity contribution in [1.29, 1.82) is 0 Å². The fraction of sp³-hybridized carbons (Fsp3) is 0.579. The van der Waals surface area contributed by atoms with E-state index in [0.717, 1.165) is 24.9 Å². The average molecular weight is 301 g/mol. The predicted molar refractivity (Wildman–Crippen MR) is 90.0 cm³/mol. The number of carbonyl (C=O) groups is 2. The molecule has 2 rings (SSSR count). The molecule has 0 spiro atoms. The van der Waals surface area contributed by atoms with E-state index in [1.807, 2.05) is 12.1 Å². The predicted octanol–water partition coefficient (Wildman–Crippen LogP) is 4.68. The third kappa shape index (κ3) is 3.96. The lowest BCUT2D eigenvalue weighted by Crippen LogP contribution is -2.38. The van der Waals surface area contributed by atoms with E-state index in [0.29, 0.717) is 11.5 Å². The Morgan fingerprint density at radius 3 is 2.18 bits per heavy atom. The summed E-state index contributed by atoms with van der Waals surface area (Å²) in [4.78, 5) is 24.0. The summed E-state index contributed by atoms with van der Waals surface area (Å²) in [6, 6.07) is 7.15. The van der Waals surface area contributed by atoms with E-state index in [4.69, 9.17) is 0 Å². The molecule has 22 heavy (non-hydrogen) atoms. The molecule has 1 amide bonds. The maximum Gasteiger partial charge on any atom is 0.227 e. The largest absolute Gasteiger partial charge is 0.326 e. The summed E-state index contributed by atoms with van der Waals surface area (Å²) in [5, 5.41) is 3.03. The van der Waals surface area contributed by atoms with Crippen LogP contribution in [0.4, 0.5) is 5.69 Å². The van der Waals surface area contributed by atoms with Crippen LogP contribution in [-0.4, -0.2) is 11.7 Å². The second-order valence-corrected chi connectivity index (χ2v) is 7.49. The van der Waals surface area contributed by atoms with Gasteiger partial charge in [0, 0.05) is 17.2 Å². The third-order valence-corrected chi connectivity index (χ3v) is 4.77. The fourth-order valence-electron chi connectivity index (χ4n) is 3.50. The lowest BCUT2D eigenvalue weighted by molar-refractivity contribution is -0.124. The van der Waals surface area contributed by atoms with Gasteiger partial charge in [0.25, 0.3) is 0 Å². The van der Waals surface area contributed by atoms with Gasteiger partial charge in [-0.3, -0.25) is 9.59 Å². The van der Waals surface area contributed by atoms with E-state index < -0.39 is 0 Å². The van der Waals surface area contributed by atoms with E-state index in [1.165, 1.54) is 6.42 Å². The minimum Gasteiger partial charge on any atom is -0.326 e. The number of amides is 1. The Hall–Kier alpha value is -1.64. The van der Waals surface area contributed by atoms with E-state index in [9.17, 15) is 9.59 Å².